The topological polar surface area (TPSA) is 63.6 Å². The number of allylic oxidation sites excluding steroid dienone is 3. The van der Waals surface area contributed by atoms with Crippen LogP contribution in [0.1, 0.15) is 59.3 Å². The minimum absolute atomic E-state index is 0.00277. The summed E-state index contributed by atoms with van der Waals surface area (Å²) in [6, 6.07) is 0. The molecule has 2 rings (SSSR count). The van der Waals surface area contributed by atoms with Gasteiger partial charge in [0.1, 0.15) is 6.10 Å². The molecule has 24 heavy (non-hydrogen) atoms. The first kappa shape index (κ1) is 18.8. The highest BCUT2D eigenvalue weighted by Crippen LogP contribution is 2.49. The van der Waals surface area contributed by atoms with E-state index in [-0.39, 0.29) is 17.5 Å². The van der Waals surface area contributed by atoms with Crippen molar-refractivity contribution >= 4 is 11.6 Å². The number of rotatable bonds is 2. The third-order valence-electron chi connectivity index (χ3n) is 5.41. The normalized spacial score (nSPS) is 30.0. The van der Waals surface area contributed by atoms with Crippen molar-refractivity contribution in [1.82, 2.24) is 0 Å². The zero-order chi connectivity index (χ0) is 18.1. The van der Waals surface area contributed by atoms with Crippen LogP contribution in [0.5, 0.6) is 0 Å². The summed E-state index contributed by atoms with van der Waals surface area (Å²) < 4.78 is 0. The molecule has 1 saturated carbocycles. The minimum Gasteiger partial charge on any atom is -0.295 e. The fraction of sp³-hybridized carbons (Fsp3) is 0.600. The third kappa shape index (κ3) is 3.60. The van der Waals surface area contributed by atoms with Crippen molar-refractivity contribution in [3.63, 3.8) is 0 Å². The number of Topliss-reactive ketones (excluding diaryl/α,β-unsaturated/α-hetero) is 2. The second-order valence-electron chi connectivity index (χ2n) is 7.70. The predicted octanol–water partition coefficient (Wildman–Crippen LogP) is 4.42. The maximum Gasteiger partial charge on any atom is 0.159 e. The third-order valence-corrected chi connectivity index (χ3v) is 5.41. The molecular weight excluding hydrogens is 304 g/mol. The van der Waals surface area contributed by atoms with Crippen molar-refractivity contribution in [3.05, 3.63) is 35.5 Å². The van der Waals surface area contributed by atoms with Gasteiger partial charge in [-0.2, -0.15) is 0 Å². The highest BCUT2D eigenvalue weighted by Gasteiger charge is 2.43. The van der Waals surface area contributed by atoms with Crippen LogP contribution < -0.4 is 0 Å². The van der Waals surface area contributed by atoms with Gasteiger partial charge in [0.15, 0.2) is 11.6 Å². The van der Waals surface area contributed by atoms with Crippen LogP contribution in [0.3, 0.4) is 0 Å². The zero-order valence-electron chi connectivity index (χ0n) is 15.0. The monoisotopic (exact) mass is 332 g/mol. The first-order valence-electron chi connectivity index (χ1n) is 8.65. The SMILES string of the molecule is C=C1CC[C@@H](OO)C(=C)CCC2=C(C(C)C)C(=O)C[C@]2(C)CC1=O. The molecule has 0 bridgehead atoms. The Hall–Kier alpha value is -1.52. The molecule has 0 aromatic heterocycles. The van der Waals surface area contributed by atoms with Gasteiger partial charge in [0.25, 0.3) is 0 Å². The molecule has 0 unspecified atom stereocenters. The molecule has 1 N–H and O–H groups in total. The molecule has 0 aliphatic heterocycles. The van der Waals surface area contributed by atoms with Crippen molar-refractivity contribution in [1.29, 1.82) is 0 Å². The Morgan fingerprint density at radius 2 is 1.75 bits per heavy atom. The summed E-state index contributed by atoms with van der Waals surface area (Å²) in [6.45, 7) is 14.0. The van der Waals surface area contributed by atoms with Gasteiger partial charge in [-0.25, -0.2) is 4.89 Å². The number of hydrogen-bond acceptors (Lipinski definition) is 4. The molecule has 2 atom stereocenters. The summed E-state index contributed by atoms with van der Waals surface area (Å²) in [7, 11) is 0. The molecule has 0 heterocycles. The van der Waals surface area contributed by atoms with Gasteiger partial charge in [-0.15, -0.1) is 0 Å². The van der Waals surface area contributed by atoms with E-state index >= 15 is 0 Å². The lowest BCUT2D eigenvalue weighted by molar-refractivity contribution is -0.270. The first-order valence-corrected chi connectivity index (χ1v) is 8.65. The van der Waals surface area contributed by atoms with Gasteiger partial charge < -0.3 is 0 Å². The highest BCUT2D eigenvalue weighted by atomic mass is 17.1. The average Bonchev–Trinajstić information content (AvgIpc) is 2.74. The van der Waals surface area contributed by atoms with E-state index in [9.17, 15) is 9.59 Å². The van der Waals surface area contributed by atoms with Gasteiger partial charge >= 0.3 is 0 Å². The Balaban J connectivity index is 2.45. The lowest BCUT2D eigenvalue weighted by atomic mass is 9.75. The summed E-state index contributed by atoms with van der Waals surface area (Å²) in [5.74, 6) is 0.284. The fourth-order valence-electron chi connectivity index (χ4n) is 4.03. The number of carbonyl (C=O) groups is 2. The number of fused-ring (bicyclic) bond motifs is 1. The van der Waals surface area contributed by atoms with E-state index < -0.39 is 11.5 Å². The van der Waals surface area contributed by atoms with Gasteiger partial charge in [-0.05, 0) is 48.3 Å². The Kier molecular flexibility index (Phi) is 5.61. The summed E-state index contributed by atoms with van der Waals surface area (Å²) in [4.78, 5) is 29.7. The highest BCUT2D eigenvalue weighted by molar-refractivity contribution is 6.02. The standard InChI is InChI=1S/C20H28O4/c1-12(2)19-15-8-6-14(4)18(24-23)9-7-13(3)16(21)10-20(15,5)11-17(19)22/h12,18,23H,3-4,6-11H2,1-2,5H3/t18-,20+/m1/s1. The van der Waals surface area contributed by atoms with Crippen LogP contribution in [0.4, 0.5) is 0 Å². The van der Waals surface area contributed by atoms with Crippen LogP contribution in [0.15, 0.2) is 35.5 Å². The Labute approximate surface area is 144 Å². The van der Waals surface area contributed by atoms with Crippen LogP contribution in [0.2, 0.25) is 0 Å². The molecule has 2 aliphatic rings. The number of hydrogen-bond donors (Lipinski definition) is 1. The molecule has 0 saturated heterocycles. The molecule has 0 amide bonds. The van der Waals surface area contributed by atoms with E-state index in [2.05, 4.69) is 18.0 Å². The zero-order valence-corrected chi connectivity index (χ0v) is 15.0. The maximum absolute atomic E-state index is 12.6. The van der Waals surface area contributed by atoms with E-state index in [0.717, 1.165) is 16.7 Å². The summed E-state index contributed by atoms with van der Waals surface area (Å²) in [6.07, 6.45) is 2.48. The summed E-state index contributed by atoms with van der Waals surface area (Å²) >= 11 is 0. The Morgan fingerprint density at radius 1 is 1.12 bits per heavy atom. The smallest absolute Gasteiger partial charge is 0.159 e. The van der Waals surface area contributed by atoms with Crippen molar-refractivity contribution in [3.8, 4) is 0 Å². The molecule has 132 valence electrons. The second-order valence-corrected chi connectivity index (χ2v) is 7.70. The van der Waals surface area contributed by atoms with Crippen molar-refractivity contribution in [2.45, 2.75) is 65.4 Å². The van der Waals surface area contributed by atoms with Crippen LogP contribution in [-0.4, -0.2) is 22.9 Å². The Bertz CT molecular complexity index is 611. The number of ketones is 2. The van der Waals surface area contributed by atoms with Gasteiger partial charge in [-0.3, -0.25) is 14.8 Å². The van der Waals surface area contributed by atoms with Gasteiger partial charge in [0.2, 0.25) is 0 Å². The maximum atomic E-state index is 12.6. The van der Waals surface area contributed by atoms with E-state index in [1.165, 1.54) is 0 Å². The van der Waals surface area contributed by atoms with E-state index in [1.807, 2.05) is 20.8 Å². The predicted molar refractivity (Wildman–Crippen MR) is 93.5 cm³/mol. The molecule has 4 heteroatoms. The van der Waals surface area contributed by atoms with Crippen molar-refractivity contribution in [2.75, 3.05) is 0 Å². The molecule has 0 aromatic rings. The fourth-order valence-corrected chi connectivity index (χ4v) is 4.03. The lowest BCUT2D eigenvalue weighted by Gasteiger charge is -2.28. The molecule has 2 aliphatic carbocycles. The van der Waals surface area contributed by atoms with Crippen LogP contribution in [0.25, 0.3) is 0 Å². The first-order chi connectivity index (χ1) is 11.2. The molecular formula is C20H28O4. The molecule has 4 nitrogen and oxygen atoms in total. The average molecular weight is 332 g/mol. The molecule has 0 spiro atoms. The summed E-state index contributed by atoms with van der Waals surface area (Å²) in [5.41, 5.74) is 2.82. The van der Waals surface area contributed by atoms with Gasteiger partial charge in [0.05, 0.1) is 0 Å². The van der Waals surface area contributed by atoms with Crippen LogP contribution >= 0.6 is 0 Å². The van der Waals surface area contributed by atoms with E-state index in [1.54, 1.807) is 0 Å². The van der Waals surface area contributed by atoms with Gasteiger partial charge in [0, 0.05) is 18.3 Å². The lowest BCUT2D eigenvalue weighted by Crippen LogP contribution is -2.22. The molecule has 0 aromatic carbocycles. The Morgan fingerprint density at radius 3 is 2.33 bits per heavy atom. The van der Waals surface area contributed by atoms with Crippen molar-refractivity contribution in [2.24, 2.45) is 11.3 Å². The second kappa shape index (κ2) is 7.16. The minimum atomic E-state index is -0.501. The van der Waals surface area contributed by atoms with Gasteiger partial charge in [-0.1, -0.05) is 39.5 Å². The van der Waals surface area contributed by atoms with E-state index in [0.29, 0.717) is 44.1 Å². The van der Waals surface area contributed by atoms with E-state index in [4.69, 9.17) is 5.26 Å². The molecule has 0 radical (unpaired) electrons. The number of carbonyl (C=O) groups excluding carboxylic acids is 2. The van der Waals surface area contributed by atoms with Crippen LogP contribution in [-0.2, 0) is 14.5 Å². The van der Waals surface area contributed by atoms with Crippen LogP contribution in [0, 0.1) is 11.3 Å². The largest absolute Gasteiger partial charge is 0.295 e. The van der Waals surface area contributed by atoms with Crippen molar-refractivity contribution < 1.29 is 19.7 Å². The summed E-state index contributed by atoms with van der Waals surface area (Å²) in [5, 5.41) is 9.14. The molecule has 1 fully saturated rings. The quantitative estimate of drug-likeness (QED) is 0.352.